The van der Waals surface area contributed by atoms with Crippen molar-refractivity contribution in [3.63, 3.8) is 0 Å². The number of carbonyl (C=O) groups excluding carboxylic acids is 1. The zero-order valence-electron chi connectivity index (χ0n) is 19.3. The number of amides is 1. The molecular weight excluding hydrogens is 376 g/mol. The first-order valence-corrected chi connectivity index (χ1v) is 10.3. The summed E-state index contributed by atoms with van der Waals surface area (Å²) in [5, 5.41) is 6.31. The third kappa shape index (κ3) is 4.07. The van der Waals surface area contributed by atoms with Crippen LogP contribution in [0.4, 0.5) is 0 Å². The lowest BCUT2D eigenvalue weighted by atomic mass is 9.84. The summed E-state index contributed by atoms with van der Waals surface area (Å²) in [7, 11) is 3.37. The molecule has 0 fully saturated rings. The predicted molar refractivity (Wildman–Crippen MR) is 121 cm³/mol. The van der Waals surface area contributed by atoms with Gasteiger partial charge in [0.05, 0.1) is 26.0 Å². The van der Waals surface area contributed by atoms with Crippen molar-refractivity contribution in [3.05, 3.63) is 58.1 Å². The molecule has 1 atom stereocenters. The first-order valence-electron chi connectivity index (χ1n) is 10.3. The number of carbonyl (C=O) groups is 1. The Bertz CT molecular complexity index is 1000. The van der Waals surface area contributed by atoms with Crippen LogP contribution in [0.5, 0.6) is 11.5 Å². The van der Waals surface area contributed by atoms with Gasteiger partial charge in [-0.15, -0.1) is 0 Å². The molecule has 5 nitrogen and oxygen atoms in total. The Hall–Kier alpha value is -2.82. The zero-order valence-corrected chi connectivity index (χ0v) is 19.3. The summed E-state index contributed by atoms with van der Waals surface area (Å²) in [6.07, 6.45) is 0.654. The van der Waals surface area contributed by atoms with E-state index in [1.807, 2.05) is 25.1 Å². The first-order chi connectivity index (χ1) is 14.1. The number of hydrogen-bond acceptors (Lipinski definition) is 4. The van der Waals surface area contributed by atoms with Crippen molar-refractivity contribution in [2.45, 2.75) is 59.4 Å². The summed E-state index contributed by atoms with van der Waals surface area (Å²) in [5.41, 5.74) is 6.25. The maximum Gasteiger partial charge on any atom is 0.240 e. The Morgan fingerprint density at radius 1 is 1.07 bits per heavy atom. The molecule has 0 radical (unpaired) electrons. The fraction of sp³-hybridized carbons (Fsp3) is 0.440. The maximum absolute atomic E-state index is 12.4. The second-order valence-electron chi connectivity index (χ2n) is 8.96. The van der Waals surface area contributed by atoms with Crippen LogP contribution in [-0.2, 0) is 10.2 Å². The molecule has 30 heavy (non-hydrogen) atoms. The van der Waals surface area contributed by atoms with Gasteiger partial charge in [-0.3, -0.25) is 4.79 Å². The van der Waals surface area contributed by atoms with Crippen molar-refractivity contribution in [1.29, 1.82) is 0 Å². The van der Waals surface area contributed by atoms with Gasteiger partial charge in [-0.05, 0) is 65.8 Å². The molecule has 5 heteroatoms. The van der Waals surface area contributed by atoms with Crippen LogP contribution in [0.2, 0.25) is 0 Å². The van der Waals surface area contributed by atoms with Crippen molar-refractivity contribution >= 4 is 11.6 Å². The Morgan fingerprint density at radius 3 is 2.30 bits per heavy atom. The van der Waals surface area contributed by atoms with Gasteiger partial charge in [0.15, 0.2) is 0 Å². The van der Waals surface area contributed by atoms with Crippen LogP contribution >= 0.6 is 0 Å². The van der Waals surface area contributed by atoms with Crippen LogP contribution in [0.25, 0.3) is 0 Å². The average molecular weight is 409 g/mol. The molecule has 0 aliphatic carbocycles. The molecule has 0 N–H and O–H groups in total. The summed E-state index contributed by atoms with van der Waals surface area (Å²) in [4.78, 5) is 12.4. The SMILES string of the molecule is COc1ccc(C2CC(c3cc(C)c(C)c(OC)c3)=NN2C(C)=O)cc1C(C)(C)C. The van der Waals surface area contributed by atoms with E-state index in [1.54, 1.807) is 26.2 Å². The molecule has 0 spiro atoms. The summed E-state index contributed by atoms with van der Waals surface area (Å²) >= 11 is 0. The molecule has 1 amide bonds. The molecule has 2 aromatic rings. The van der Waals surface area contributed by atoms with E-state index in [0.717, 1.165) is 45.0 Å². The van der Waals surface area contributed by atoms with Gasteiger partial charge in [-0.25, -0.2) is 5.01 Å². The number of benzene rings is 2. The highest BCUT2D eigenvalue weighted by Gasteiger charge is 2.33. The minimum absolute atomic E-state index is 0.0704. The normalized spacial score (nSPS) is 16.5. The highest BCUT2D eigenvalue weighted by molar-refractivity contribution is 6.03. The van der Waals surface area contributed by atoms with Crippen molar-refractivity contribution in [1.82, 2.24) is 5.01 Å². The highest BCUT2D eigenvalue weighted by atomic mass is 16.5. The summed E-state index contributed by atoms with van der Waals surface area (Å²) < 4.78 is 11.1. The fourth-order valence-corrected chi connectivity index (χ4v) is 3.96. The van der Waals surface area contributed by atoms with Crippen molar-refractivity contribution in [3.8, 4) is 11.5 Å². The van der Waals surface area contributed by atoms with Crippen molar-refractivity contribution < 1.29 is 14.3 Å². The van der Waals surface area contributed by atoms with E-state index in [2.05, 4.69) is 39.8 Å². The molecule has 3 rings (SSSR count). The van der Waals surface area contributed by atoms with Gasteiger partial charge in [0, 0.05) is 18.9 Å². The van der Waals surface area contributed by atoms with Gasteiger partial charge >= 0.3 is 0 Å². The van der Waals surface area contributed by atoms with Crippen molar-refractivity contribution in [2.24, 2.45) is 5.10 Å². The molecule has 1 aliphatic rings. The van der Waals surface area contributed by atoms with E-state index in [4.69, 9.17) is 14.6 Å². The van der Waals surface area contributed by atoms with E-state index in [-0.39, 0.29) is 17.4 Å². The molecular formula is C25H32N2O3. The van der Waals surface area contributed by atoms with E-state index in [0.29, 0.717) is 6.42 Å². The fourth-order valence-electron chi connectivity index (χ4n) is 3.96. The van der Waals surface area contributed by atoms with E-state index >= 15 is 0 Å². The van der Waals surface area contributed by atoms with Gasteiger partial charge in [0.1, 0.15) is 11.5 Å². The minimum Gasteiger partial charge on any atom is -0.496 e. The highest BCUT2D eigenvalue weighted by Crippen LogP contribution is 2.39. The summed E-state index contributed by atoms with van der Waals surface area (Å²) in [6.45, 7) is 12.2. The molecule has 0 bridgehead atoms. The number of rotatable bonds is 4. The quantitative estimate of drug-likeness (QED) is 0.688. The van der Waals surface area contributed by atoms with E-state index in [9.17, 15) is 4.79 Å². The van der Waals surface area contributed by atoms with Crippen LogP contribution in [-0.4, -0.2) is 30.8 Å². The van der Waals surface area contributed by atoms with E-state index in [1.165, 1.54) is 0 Å². The van der Waals surface area contributed by atoms with Crippen LogP contribution in [0.1, 0.15) is 68.0 Å². The summed E-state index contributed by atoms with van der Waals surface area (Å²) in [5.74, 6) is 1.63. The van der Waals surface area contributed by atoms with E-state index < -0.39 is 0 Å². The van der Waals surface area contributed by atoms with Gasteiger partial charge in [0.2, 0.25) is 5.91 Å². The van der Waals surface area contributed by atoms with Crippen LogP contribution in [0, 0.1) is 13.8 Å². The number of methoxy groups -OCH3 is 2. The second-order valence-corrected chi connectivity index (χ2v) is 8.96. The zero-order chi connectivity index (χ0) is 22.2. The number of aryl methyl sites for hydroxylation is 1. The van der Waals surface area contributed by atoms with Gasteiger partial charge in [-0.1, -0.05) is 26.8 Å². The molecule has 0 aromatic heterocycles. The van der Waals surface area contributed by atoms with Crippen LogP contribution in [0.15, 0.2) is 35.4 Å². The number of ether oxygens (including phenoxy) is 2. The molecule has 160 valence electrons. The molecule has 1 aliphatic heterocycles. The molecule has 1 heterocycles. The Balaban J connectivity index is 2.03. The smallest absolute Gasteiger partial charge is 0.240 e. The standard InChI is InChI=1S/C25H32N2O3/c1-15-11-19(13-24(30-8)16(15)2)21-14-22(27(26-21)17(3)28)18-9-10-23(29-7)20(12-18)25(4,5)6/h9-13,22H,14H2,1-8H3. The molecule has 0 saturated carbocycles. The lowest BCUT2D eigenvalue weighted by Gasteiger charge is -2.26. The van der Waals surface area contributed by atoms with Crippen LogP contribution in [0.3, 0.4) is 0 Å². The topological polar surface area (TPSA) is 51.1 Å². The first kappa shape index (κ1) is 21.9. The summed E-state index contributed by atoms with van der Waals surface area (Å²) in [6, 6.07) is 10.2. The number of hydrazone groups is 1. The van der Waals surface area contributed by atoms with Gasteiger partial charge < -0.3 is 9.47 Å². The third-order valence-corrected chi connectivity index (χ3v) is 5.82. The van der Waals surface area contributed by atoms with Gasteiger partial charge in [-0.2, -0.15) is 5.10 Å². The molecule has 1 unspecified atom stereocenters. The lowest BCUT2D eigenvalue weighted by Crippen LogP contribution is -2.25. The largest absolute Gasteiger partial charge is 0.496 e. The maximum atomic E-state index is 12.4. The number of hydrogen-bond donors (Lipinski definition) is 0. The molecule has 0 saturated heterocycles. The minimum atomic E-state index is -0.142. The molecule has 2 aromatic carbocycles. The monoisotopic (exact) mass is 408 g/mol. The predicted octanol–water partition coefficient (Wildman–Crippen LogP) is 5.32. The Kier molecular flexibility index (Phi) is 5.93. The lowest BCUT2D eigenvalue weighted by molar-refractivity contribution is -0.130. The van der Waals surface area contributed by atoms with Gasteiger partial charge in [0.25, 0.3) is 0 Å². The van der Waals surface area contributed by atoms with Crippen LogP contribution < -0.4 is 9.47 Å². The Labute approximate surface area is 179 Å². The Morgan fingerprint density at radius 2 is 1.73 bits per heavy atom. The van der Waals surface area contributed by atoms with Crippen molar-refractivity contribution in [2.75, 3.05) is 14.2 Å². The second kappa shape index (κ2) is 8.13. The number of nitrogens with zero attached hydrogens (tertiary/aromatic N) is 2. The third-order valence-electron chi connectivity index (χ3n) is 5.82. The average Bonchev–Trinajstić information content (AvgIpc) is 3.14.